The fraction of sp³-hybridized carbons (Fsp3) is 0.273. The van der Waals surface area contributed by atoms with Gasteiger partial charge in [0.15, 0.2) is 5.13 Å². The molecule has 0 unspecified atom stereocenters. The topological polar surface area (TPSA) is 85.6 Å². The van der Waals surface area contributed by atoms with Gasteiger partial charge in [0.2, 0.25) is 5.91 Å². The monoisotopic (exact) mass is 425 g/mol. The highest BCUT2D eigenvalue weighted by Crippen LogP contribution is 2.34. The Labute approximate surface area is 179 Å². The van der Waals surface area contributed by atoms with Crippen LogP contribution in [-0.2, 0) is 11.4 Å². The van der Waals surface area contributed by atoms with Gasteiger partial charge >= 0.3 is 0 Å². The Morgan fingerprint density at radius 3 is 2.37 bits per heavy atom. The molecule has 30 heavy (non-hydrogen) atoms. The van der Waals surface area contributed by atoms with Crippen molar-refractivity contribution in [3.05, 3.63) is 73.8 Å². The lowest BCUT2D eigenvalue weighted by molar-refractivity contribution is -0.385. The Hall–Kier alpha value is -3.26. The van der Waals surface area contributed by atoms with Crippen LogP contribution in [-0.4, -0.2) is 15.8 Å². The minimum Gasteiger partial charge on any atom is -0.487 e. The minimum absolute atomic E-state index is 0.0548. The standard InChI is InChI=1S/C22H23N3O4S/c1-13-8-15(3)21(16(4)9-13)24(17(5)26)22-23-18(12-30-22)11-29-19-6-7-20(25(27)28)14(2)10-19/h6-10,12H,11H2,1-5H3. The van der Waals surface area contributed by atoms with E-state index in [0.29, 0.717) is 22.1 Å². The zero-order valence-electron chi connectivity index (χ0n) is 17.6. The summed E-state index contributed by atoms with van der Waals surface area (Å²) in [7, 11) is 0. The molecule has 8 heteroatoms. The van der Waals surface area contributed by atoms with Crippen molar-refractivity contribution in [3.8, 4) is 5.75 Å². The van der Waals surface area contributed by atoms with Crippen LogP contribution in [0.15, 0.2) is 35.7 Å². The van der Waals surface area contributed by atoms with Crippen molar-refractivity contribution < 1.29 is 14.5 Å². The highest BCUT2D eigenvalue weighted by molar-refractivity contribution is 7.14. The van der Waals surface area contributed by atoms with Crippen molar-refractivity contribution in [3.63, 3.8) is 0 Å². The van der Waals surface area contributed by atoms with Crippen LogP contribution in [0.4, 0.5) is 16.5 Å². The number of nitro groups is 1. The van der Waals surface area contributed by atoms with E-state index in [2.05, 4.69) is 4.98 Å². The lowest BCUT2D eigenvalue weighted by Gasteiger charge is -2.23. The smallest absolute Gasteiger partial charge is 0.272 e. The van der Waals surface area contributed by atoms with Crippen LogP contribution in [0, 0.1) is 37.8 Å². The van der Waals surface area contributed by atoms with Gasteiger partial charge in [-0.15, -0.1) is 11.3 Å². The molecule has 0 aliphatic carbocycles. The maximum Gasteiger partial charge on any atom is 0.272 e. The number of nitrogens with zero attached hydrogens (tertiary/aromatic N) is 3. The van der Waals surface area contributed by atoms with Gasteiger partial charge in [0, 0.05) is 23.9 Å². The maximum atomic E-state index is 12.5. The van der Waals surface area contributed by atoms with Crippen molar-refractivity contribution >= 4 is 33.8 Å². The zero-order valence-corrected chi connectivity index (χ0v) is 18.4. The number of nitro benzene ring substituents is 1. The molecular formula is C22H23N3O4S. The Kier molecular flexibility index (Phi) is 6.17. The summed E-state index contributed by atoms with van der Waals surface area (Å²) < 4.78 is 5.75. The van der Waals surface area contributed by atoms with E-state index in [4.69, 9.17) is 4.74 Å². The molecule has 3 aromatic rings. The van der Waals surface area contributed by atoms with Crippen molar-refractivity contribution in [2.75, 3.05) is 4.90 Å². The molecule has 0 radical (unpaired) electrons. The second kappa shape index (κ2) is 8.62. The molecule has 0 aliphatic heterocycles. The van der Waals surface area contributed by atoms with E-state index >= 15 is 0 Å². The van der Waals surface area contributed by atoms with Gasteiger partial charge in [-0.05, 0) is 51.0 Å². The molecular weight excluding hydrogens is 402 g/mol. The molecule has 7 nitrogen and oxygen atoms in total. The number of hydrogen-bond donors (Lipinski definition) is 0. The molecule has 0 saturated heterocycles. The minimum atomic E-state index is -0.419. The Morgan fingerprint density at radius 2 is 1.80 bits per heavy atom. The largest absolute Gasteiger partial charge is 0.487 e. The Bertz CT molecular complexity index is 1100. The fourth-order valence-electron chi connectivity index (χ4n) is 3.46. The summed E-state index contributed by atoms with van der Waals surface area (Å²) in [4.78, 5) is 29.2. The molecule has 0 bridgehead atoms. The van der Waals surface area contributed by atoms with Crippen LogP contribution >= 0.6 is 11.3 Å². The first-order valence-electron chi connectivity index (χ1n) is 9.38. The van der Waals surface area contributed by atoms with Crippen LogP contribution in [0.5, 0.6) is 5.75 Å². The predicted molar refractivity (Wildman–Crippen MR) is 118 cm³/mol. The number of anilines is 2. The SMILES string of the molecule is CC(=O)N(c1nc(COc2ccc([N+](=O)[O-])c(C)c2)cs1)c1c(C)cc(C)cc1C. The number of thiazole rings is 1. The van der Waals surface area contributed by atoms with E-state index in [-0.39, 0.29) is 18.2 Å². The van der Waals surface area contributed by atoms with Gasteiger partial charge in [-0.25, -0.2) is 4.98 Å². The second-order valence-electron chi connectivity index (χ2n) is 7.22. The number of hydrogen-bond acceptors (Lipinski definition) is 6. The second-order valence-corrected chi connectivity index (χ2v) is 8.05. The predicted octanol–water partition coefficient (Wildman–Crippen LogP) is 5.55. The molecule has 3 rings (SSSR count). The summed E-state index contributed by atoms with van der Waals surface area (Å²) >= 11 is 1.37. The number of ether oxygens (including phenoxy) is 1. The van der Waals surface area contributed by atoms with E-state index in [1.165, 1.54) is 24.3 Å². The number of amides is 1. The van der Waals surface area contributed by atoms with Gasteiger partial charge in [-0.3, -0.25) is 19.8 Å². The lowest BCUT2D eigenvalue weighted by Crippen LogP contribution is -2.24. The molecule has 1 amide bonds. The average molecular weight is 426 g/mol. The third kappa shape index (κ3) is 4.49. The summed E-state index contributed by atoms with van der Waals surface area (Å²) in [6.07, 6.45) is 0. The van der Waals surface area contributed by atoms with E-state index in [1.807, 2.05) is 38.3 Å². The van der Waals surface area contributed by atoms with Gasteiger partial charge in [0.25, 0.3) is 5.69 Å². The van der Waals surface area contributed by atoms with Gasteiger partial charge in [0.05, 0.1) is 16.3 Å². The van der Waals surface area contributed by atoms with Crippen LogP contribution in [0.2, 0.25) is 0 Å². The number of carbonyl (C=O) groups is 1. The third-order valence-electron chi connectivity index (χ3n) is 4.66. The molecule has 0 atom stereocenters. The van der Waals surface area contributed by atoms with Crippen molar-refractivity contribution in [2.45, 2.75) is 41.2 Å². The normalized spacial score (nSPS) is 10.7. The lowest BCUT2D eigenvalue weighted by atomic mass is 10.0. The number of aromatic nitrogens is 1. The third-order valence-corrected chi connectivity index (χ3v) is 5.53. The molecule has 0 aliphatic rings. The molecule has 156 valence electrons. The zero-order chi connectivity index (χ0) is 22.0. The first-order valence-corrected chi connectivity index (χ1v) is 10.3. The average Bonchev–Trinajstić information content (AvgIpc) is 3.10. The summed E-state index contributed by atoms with van der Waals surface area (Å²) in [6.45, 7) is 9.39. The highest BCUT2D eigenvalue weighted by Gasteiger charge is 2.22. The van der Waals surface area contributed by atoms with E-state index < -0.39 is 4.92 Å². The van der Waals surface area contributed by atoms with Gasteiger partial charge < -0.3 is 4.74 Å². The van der Waals surface area contributed by atoms with Crippen molar-refractivity contribution in [1.29, 1.82) is 0 Å². The molecule has 1 aromatic heterocycles. The quantitative estimate of drug-likeness (QED) is 0.382. The van der Waals surface area contributed by atoms with E-state index in [0.717, 1.165) is 22.4 Å². The van der Waals surface area contributed by atoms with Crippen molar-refractivity contribution in [2.24, 2.45) is 0 Å². The summed E-state index contributed by atoms with van der Waals surface area (Å²) in [6, 6.07) is 8.73. The van der Waals surface area contributed by atoms with Crippen LogP contribution in [0.3, 0.4) is 0 Å². The number of aryl methyl sites for hydroxylation is 4. The Balaban J connectivity index is 1.82. The van der Waals surface area contributed by atoms with E-state index in [9.17, 15) is 14.9 Å². The first-order chi connectivity index (χ1) is 14.2. The molecule has 0 saturated carbocycles. The highest BCUT2D eigenvalue weighted by atomic mass is 32.1. The molecule has 0 fully saturated rings. The van der Waals surface area contributed by atoms with Crippen LogP contribution in [0.1, 0.15) is 34.9 Å². The molecule has 1 heterocycles. The summed E-state index contributed by atoms with van der Waals surface area (Å²) in [5, 5.41) is 13.4. The molecule has 0 spiro atoms. The number of benzene rings is 2. The van der Waals surface area contributed by atoms with Gasteiger partial charge in [0.1, 0.15) is 12.4 Å². The van der Waals surface area contributed by atoms with Crippen LogP contribution in [0.25, 0.3) is 0 Å². The maximum absolute atomic E-state index is 12.5. The summed E-state index contributed by atoms with van der Waals surface area (Å²) in [5.74, 6) is 0.416. The number of rotatable bonds is 6. The molecule has 2 aromatic carbocycles. The molecule has 0 N–H and O–H groups in total. The van der Waals surface area contributed by atoms with E-state index in [1.54, 1.807) is 24.0 Å². The first kappa shape index (κ1) is 21.4. The van der Waals surface area contributed by atoms with Gasteiger partial charge in [-0.2, -0.15) is 0 Å². The number of carbonyl (C=O) groups excluding carboxylic acids is 1. The Morgan fingerprint density at radius 1 is 1.13 bits per heavy atom. The fourth-order valence-corrected chi connectivity index (χ4v) is 4.32. The van der Waals surface area contributed by atoms with Gasteiger partial charge in [-0.1, -0.05) is 17.7 Å². The summed E-state index contributed by atoms with van der Waals surface area (Å²) in [5.41, 5.74) is 5.28. The van der Waals surface area contributed by atoms with Crippen molar-refractivity contribution in [1.82, 2.24) is 4.98 Å². The van der Waals surface area contributed by atoms with Crippen LogP contribution < -0.4 is 9.64 Å².